The van der Waals surface area contributed by atoms with Crippen LogP contribution in [0.1, 0.15) is 10.5 Å². The molecule has 4 nitrogen and oxygen atoms in total. The van der Waals surface area contributed by atoms with E-state index in [2.05, 4.69) is 9.72 Å². The van der Waals surface area contributed by atoms with Crippen molar-refractivity contribution in [2.45, 2.75) is 19.6 Å². The number of nitrogen functional groups attached to an aromatic ring is 1. The number of carbonyl (C=O) groups excluding carboxylic acids is 1. The second-order valence-corrected chi connectivity index (χ2v) is 11.7. The summed E-state index contributed by atoms with van der Waals surface area (Å²) in [6.07, 6.45) is 0. The molecule has 0 unspecified atom stereocenters. The molecule has 0 saturated carbocycles. The maximum absolute atomic E-state index is 14.4. The molecule has 0 bridgehead atoms. The van der Waals surface area contributed by atoms with E-state index >= 15 is 0 Å². The van der Waals surface area contributed by atoms with Crippen LogP contribution in [-0.4, -0.2) is 26.1 Å². The van der Waals surface area contributed by atoms with Gasteiger partial charge in [0.25, 0.3) is 0 Å². The normalized spacial score (nSPS) is 11.5. The first-order chi connectivity index (χ1) is 11.1. The van der Waals surface area contributed by atoms with E-state index in [1.165, 1.54) is 6.07 Å². The number of carbonyl (C=O) groups is 1. The number of ether oxygens (including phenoxy) is 1. The van der Waals surface area contributed by atoms with Gasteiger partial charge in [0.1, 0.15) is 11.5 Å². The maximum Gasteiger partial charge on any atom is 0.358 e. The van der Waals surface area contributed by atoms with Crippen LogP contribution in [0.15, 0.2) is 18.2 Å². The average molecular weight is 371 g/mol. The van der Waals surface area contributed by atoms with Gasteiger partial charge in [0.2, 0.25) is 0 Å². The van der Waals surface area contributed by atoms with Crippen LogP contribution in [0.3, 0.4) is 0 Å². The first kappa shape index (κ1) is 18.3. The molecule has 2 rings (SSSR count). The highest BCUT2D eigenvalue weighted by atomic mass is 35.5. The fourth-order valence-electron chi connectivity index (χ4n) is 2.26. The van der Waals surface area contributed by atoms with E-state index in [-0.39, 0.29) is 22.0 Å². The van der Waals surface area contributed by atoms with E-state index in [0.717, 1.165) is 7.11 Å². The minimum atomic E-state index is -1.88. The van der Waals surface area contributed by atoms with Gasteiger partial charge in [0, 0.05) is 5.56 Å². The zero-order valence-electron chi connectivity index (χ0n) is 13.7. The van der Waals surface area contributed by atoms with Gasteiger partial charge in [-0.2, -0.15) is 0 Å². The standard InChI is InChI=1S/C16H17ClF2N2O2Si/c1-23-16(22)15-11(17)13(20)12(19)14(21-15)8-5-6-10(9(18)7-8)24(2,3)4/h5-7H,1-4H3,(H2,20,21). The molecule has 8 heteroatoms. The summed E-state index contributed by atoms with van der Waals surface area (Å²) in [6, 6.07) is 4.35. The summed E-state index contributed by atoms with van der Waals surface area (Å²) >= 11 is 5.85. The molecule has 128 valence electrons. The third-order valence-electron chi connectivity index (χ3n) is 3.54. The molecule has 1 aromatic heterocycles. The Balaban J connectivity index is 2.67. The molecular weight excluding hydrogens is 354 g/mol. The number of methoxy groups -OCH3 is 1. The molecule has 1 aromatic carbocycles. The van der Waals surface area contributed by atoms with Crippen molar-refractivity contribution in [2.75, 3.05) is 12.8 Å². The van der Waals surface area contributed by atoms with Gasteiger partial charge < -0.3 is 10.5 Å². The van der Waals surface area contributed by atoms with Crippen molar-refractivity contribution >= 4 is 36.5 Å². The fourth-order valence-corrected chi connectivity index (χ4v) is 3.83. The lowest BCUT2D eigenvalue weighted by Crippen LogP contribution is -2.39. The fraction of sp³-hybridized carbons (Fsp3) is 0.250. The summed E-state index contributed by atoms with van der Waals surface area (Å²) < 4.78 is 33.4. The third kappa shape index (κ3) is 3.27. The molecule has 2 aromatic rings. The van der Waals surface area contributed by atoms with E-state index < -0.39 is 31.4 Å². The van der Waals surface area contributed by atoms with E-state index in [1.807, 2.05) is 19.6 Å². The van der Waals surface area contributed by atoms with Crippen LogP contribution >= 0.6 is 11.6 Å². The molecule has 0 saturated heterocycles. The summed E-state index contributed by atoms with van der Waals surface area (Å²) in [5.41, 5.74) is 4.77. The first-order valence-corrected chi connectivity index (χ1v) is 11.0. The van der Waals surface area contributed by atoms with E-state index in [4.69, 9.17) is 17.3 Å². The number of halogens is 3. The maximum atomic E-state index is 14.4. The van der Waals surface area contributed by atoms with Crippen molar-refractivity contribution in [3.63, 3.8) is 0 Å². The quantitative estimate of drug-likeness (QED) is 0.662. The van der Waals surface area contributed by atoms with Gasteiger partial charge in [0.15, 0.2) is 11.5 Å². The number of esters is 1. The summed E-state index contributed by atoms with van der Waals surface area (Å²) in [5.74, 6) is -2.21. The van der Waals surface area contributed by atoms with Crippen LogP contribution in [0.5, 0.6) is 0 Å². The van der Waals surface area contributed by atoms with Crippen LogP contribution in [0, 0.1) is 11.6 Å². The second kappa shape index (κ2) is 6.49. The molecule has 0 amide bonds. The Morgan fingerprint density at radius 3 is 2.42 bits per heavy atom. The minimum Gasteiger partial charge on any atom is -0.464 e. The Bertz CT molecular complexity index is 823. The van der Waals surface area contributed by atoms with Gasteiger partial charge in [-0.1, -0.05) is 43.4 Å². The Morgan fingerprint density at radius 1 is 1.29 bits per heavy atom. The van der Waals surface area contributed by atoms with Crippen LogP contribution < -0.4 is 10.9 Å². The lowest BCUT2D eigenvalue weighted by molar-refractivity contribution is 0.0594. The number of nitrogens with zero attached hydrogens (tertiary/aromatic N) is 1. The molecule has 0 aliphatic rings. The molecule has 24 heavy (non-hydrogen) atoms. The Hall–Kier alpha value is -1.99. The average Bonchev–Trinajstić information content (AvgIpc) is 2.51. The Morgan fingerprint density at radius 2 is 1.92 bits per heavy atom. The second-order valence-electron chi connectivity index (χ2n) is 6.29. The van der Waals surface area contributed by atoms with Crippen molar-refractivity contribution in [1.82, 2.24) is 4.98 Å². The number of hydrogen-bond acceptors (Lipinski definition) is 4. The van der Waals surface area contributed by atoms with Gasteiger partial charge in [-0.25, -0.2) is 18.6 Å². The Labute approximate surface area is 144 Å². The van der Waals surface area contributed by atoms with Crippen molar-refractivity contribution < 1.29 is 18.3 Å². The summed E-state index contributed by atoms with van der Waals surface area (Å²) in [6.45, 7) is 6.00. The molecule has 0 aliphatic carbocycles. The Kier molecular flexibility index (Phi) is 4.96. The lowest BCUT2D eigenvalue weighted by atomic mass is 10.1. The molecular formula is C16H17ClF2N2O2Si. The first-order valence-electron chi connectivity index (χ1n) is 7.11. The number of rotatable bonds is 3. The van der Waals surface area contributed by atoms with Gasteiger partial charge in [-0.15, -0.1) is 0 Å². The third-order valence-corrected chi connectivity index (χ3v) is 5.95. The highest BCUT2D eigenvalue weighted by Gasteiger charge is 2.25. The van der Waals surface area contributed by atoms with Crippen molar-refractivity contribution in [3.05, 3.63) is 40.6 Å². The van der Waals surface area contributed by atoms with E-state index in [9.17, 15) is 13.6 Å². The van der Waals surface area contributed by atoms with Crippen molar-refractivity contribution in [3.8, 4) is 11.3 Å². The molecule has 0 aliphatic heterocycles. The van der Waals surface area contributed by atoms with Gasteiger partial charge in [0.05, 0.1) is 25.9 Å². The summed E-state index contributed by atoms with van der Waals surface area (Å²) in [4.78, 5) is 15.6. The highest BCUT2D eigenvalue weighted by Crippen LogP contribution is 2.32. The largest absolute Gasteiger partial charge is 0.464 e. The number of anilines is 1. The predicted molar refractivity (Wildman–Crippen MR) is 93.3 cm³/mol. The molecule has 0 radical (unpaired) electrons. The minimum absolute atomic E-state index is 0.167. The van der Waals surface area contributed by atoms with Crippen molar-refractivity contribution in [1.29, 1.82) is 0 Å². The van der Waals surface area contributed by atoms with Gasteiger partial charge >= 0.3 is 5.97 Å². The van der Waals surface area contributed by atoms with Gasteiger partial charge in [-0.3, -0.25) is 0 Å². The number of benzene rings is 1. The van der Waals surface area contributed by atoms with Crippen LogP contribution in [0.2, 0.25) is 24.7 Å². The zero-order valence-corrected chi connectivity index (χ0v) is 15.5. The highest BCUT2D eigenvalue weighted by molar-refractivity contribution is 6.88. The smallest absolute Gasteiger partial charge is 0.358 e. The van der Waals surface area contributed by atoms with E-state index in [1.54, 1.807) is 12.1 Å². The molecule has 1 heterocycles. The molecule has 0 fully saturated rings. The number of pyridine rings is 1. The van der Waals surface area contributed by atoms with E-state index in [0.29, 0.717) is 5.19 Å². The van der Waals surface area contributed by atoms with Crippen LogP contribution in [0.25, 0.3) is 11.3 Å². The number of nitrogens with two attached hydrogens (primary N) is 1. The zero-order chi connectivity index (χ0) is 18.2. The lowest BCUT2D eigenvalue weighted by Gasteiger charge is -2.18. The molecule has 0 spiro atoms. The SMILES string of the molecule is COC(=O)c1nc(-c2ccc([Si](C)(C)C)c(F)c2)c(F)c(N)c1Cl. The number of hydrogen-bond donors (Lipinski definition) is 1. The molecule has 0 atom stereocenters. The van der Waals surface area contributed by atoms with Crippen LogP contribution in [-0.2, 0) is 4.74 Å². The summed E-state index contributed by atoms with van der Waals surface area (Å²) in [7, 11) is -0.738. The predicted octanol–water partition coefficient (Wildman–Crippen LogP) is 3.59. The monoisotopic (exact) mass is 370 g/mol. The summed E-state index contributed by atoms with van der Waals surface area (Å²) in [5, 5.41) is 0.282. The van der Waals surface area contributed by atoms with Crippen molar-refractivity contribution in [2.24, 2.45) is 0 Å². The number of aromatic nitrogens is 1. The van der Waals surface area contributed by atoms with Crippen LogP contribution in [0.4, 0.5) is 14.5 Å². The molecule has 2 N–H and O–H groups in total. The van der Waals surface area contributed by atoms with Gasteiger partial charge in [-0.05, 0) is 11.3 Å². The topological polar surface area (TPSA) is 65.2 Å².